The lowest BCUT2D eigenvalue weighted by Crippen LogP contribution is -2.14. The first-order chi connectivity index (χ1) is 12.1. The van der Waals surface area contributed by atoms with Gasteiger partial charge < -0.3 is 9.47 Å². The second kappa shape index (κ2) is 7.08. The highest BCUT2D eigenvalue weighted by atomic mass is 19.1. The zero-order valence-corrected chi connectivity index (χ0v) is 13.6. The summed E-state index contributed by atoms with van der Waals surface area (Å²) in [6.45, 7) is -0.100. The van der Waals surface area contributed by atoms with E-state index in [0.29, 0.717) is 28.5 Å². The highest BCUT2D eigenvalue weighted by Crippen LogP contribution is 2.25. The number of aromatic nitrogens is 4. The summed E-state index contributed by atoms with van der Waals surface area (Å²) >= 11 is 0. The Labute approximate surface area is 143 Å². The first kappa shape index (κ1) is 16.6. The number of carbonyl (C=O) groups is 1. The van der Waals surface area contributed by atoms with Crippen LogP contribution in [0.5, 0.6) is 11.5 Å². The summed E-state index contributed by atoms with van der Waals surface area (Å²) in [5, 5.41) is 11.9. The maximum Gasteiger partial charge on any atom is 0.204 e. The van der Waals surface area contributed by atoms with Gasteiger partial charge in [-0.2, -0.15) is 4.80 Å². The van der Waals surface area contributed by atoms with Crippen LogP contribution in [0.4, 0.5) is 4.39 Å². The van der Waals surface area contributed by atoms with Crippen LogP contribution in [0.15, 0.2) is 42.5 Å². The molecule has 0 radical (unpaired) electrons. The number of ketones is 1. The van der Waals surface area contributed by atoms with Crippen molar-refractivity contribution in [3.63, 3.8) is 0 Å². The largest absolute Gasteiger partial charge is 0.497 e. The molecular formula is C17H15FN4O3. The summed E-state index contributed by atoms with van der Waals surface area (Å²) < 4.78 is 23.3. The maximum absolute atomic E-state index is 13.0. The number of hydrogen-bond acceptors (Lipinski definition) is 6. The monoisotopic (exact) mass is 342 g/mol. The van der Waals surface area contributed by atoms with Gasteiger partial charge in [0, 0.05) is 11.6 Å². The zero-order chi connectivity index (χ0) is 17.8. The first-order valence-corrected chi connectivity index (χ1v) is 7.39. The van der Waals surface area contributed by atoms with Gasteiger partial charge in [-0.3, -0.25) is 4.79 Å². The lowest BCUT2D eigenvalue weighted by molar-refractivity contribution is 0.0958. The van der Waals surface area contributed by atoms with Gasteiger partial charge in [-0.1, -0.05) is 0 Å². The molecule has 0 aliphatic rings. The van der Waals surface area contributed by atoms with Crippen molar-refractivity contribution in [1.82, 2.24) is 20.2 Å². The molecule has 0 atom stereocenters. The van der Waals surface area contributed by atoms with Crippen LogP contribution in [0.2, 0.25) is 0 Å². The summed E-state index contributed by atoms with van der Waals surface area (Å²) in [6.07, 6.45) is 0. The van der Waals surface area contributed by atoms with Crippen molar-refractivity contribution >= 4 is 5.78 Å². The number of rotatable bonds is 6. The number of carbonyl (C=O) groups excluding carboxylic acids is 1. The Morgan fingerprint density at radius 3 is 2.56 bits per heavy atom. The molecule has 8 heteroatoms. The Hall–Kier alpha value is -3.29. The summed E-state index contributed by atoms with van der Waals surface area (Å²) in [5.41, 5.74) is 1.01. The number of tetrazole rings is 1. The second-order valence-electron chi connectivity index (χ2n) is 5.14. The smallest absolute Gasteiger partial charge is 0.204 e. The highest BCUT2D eigenvalue weighted by molar-refractivity contribution is 5.98. The van der Waals surface area contributed by atoms with E-state index in [1.165, 1.54) is 31.1 Å². The molecule has 3 aromatic rings. The van der Waals surface area contributed by atoms with Crippen LogP contribution in [0.1, 0.15) is 10.4 Å². The fourth-order valence-electron chi connectivity index (χ4n) is 2.27. The van der Waals surface area contributed by atoms with Crippen LogP contribution < -0.4 is 9.47 Å². The van der Waals surface area contributed by atoms with Gasteiger partial charge in [0.2, 0.25) is 5.82 Å². The summed E-state index contributed by atoms with van der Waals surface area (Å²) in [7, 11) is 3.01. The Kier molecular flexibility index (Phi) is 4.69. The molecule has 0 saturated carbocycles. The molecule has 0 aliphatic heterocycles. The predicted molar refractivity (Wildman–Crippen MR) is 87.1 cm³/mol. The van der Waals surface area contributed by atoms with E-state index < -0.39 is 0 Å². The molecule has 0 fully saturated rings. The topological polar surface area (TPSA) is 79.1 Å². The molecule has 0 unspecified atom stereocenters. The predicted octanol–water partition coefficient (Wildman–Crippen LogP) is 2.38. The second-order valence-corrected chi connectivity index (χ2v) is 5.14. The molecule has 0 amide bonds. The van der Waals surface area contributed by atoms with Gasteiger partial charge in [-0.15, -0.1) is 10.2 Å². The highest BCUT2D eigenvalue weighted by Gasteiger charge is 2.16. The van der Waals surface area contributed by atoms with E-state index in [1.54, 1.807) is 30.3 Å². The van der Waals surface area contributed by atoms with Crippen LogP contribution >= 0.6 is 0 Å². The SMILES string of the molecule is COc1ccc(C(=O)Cn2nnc(-c3ccc(F)cc3)n2)c(OC)c1. The van der Waals surface area contributed by atoms with E-state index >= 15 is 0 Å². The number of methoxy groups -OCH3 is 2. The molecule has 7 nitrogen and oxygen atoms in total. The van der Waals surface area contributed by atoms with Crippen molar-refractivity contribution in [1.29, 1.82) is 0 Å². The number of hydrogen-bond donors (Lipinski definition) is 0. The molecule has 0 bridgehead atoms. The number of benzene rings is 2. The normalized spacial score (nSPS) is 10.5. The minimum atomic E-state index is -0.349. The maximum atomic E-state index is 13.0. The van der Waals surface area contributed by atoms with Crippen molar-refractivity contribution in [2.75, 3.05) is 14.2 Å². The van der Waals surface area contributed by atoms with Crippen LogP contribution in [0, 0.1) is 5.82 Å². The molecule has 0 spiro atoms. The Bertz CT molecular complexity index is 893. The standard InChI is InChI=1S/C17H15FN4O3/c1-24-13-7-8-14(16(9-13)25-2)15(23)10-22-20-17(19-21-22)11-3-5-12(18)6-4-11/h3-9H,10H2,1-2H3. The summed E-state index contributed by atoms with van der Waals surface area (Å²) in [6, 6.07) is 10.6. The zero-order valence-electron chi connectivity index (χ0n) is 13.6. The molecule has 1 heterocycles. The van der Waals surface area contributed by atoms with E-state index in [4.69, 9.17) is 9.47 Å². The van der Waals surface area contributed by atoms with Crippen LogP contribution in [0.25, 0.3) is 11.4 Å². The van der Waals surface area contributed by atoms with Crippen molar-refractivity contribution in [3.8, 4) is 22.9 Å². The molecule has 25 heavy (non-hydrogen) atoms. The van der Waals surface area contributed by atoms with Crippen molar-refractivity contribution in [2.24, 2.45) is 0 Å². The Morgan fingerprint density at radius 2 is 1.88 bits per heavy atom. The lowest BCUT2D eigenvalue weighted by atomic mass is 10.1. The fourth-order valence-corrected chi connectivity index (χ4v) is 2.27. The van der Waals surface area contributed by atoms with Gasteiger partial charge in [0.05, 0.1) is 19.8 Å². The van der Waals surface area contributed by atoms with E-state index in [1.807, 2.05) is 0 Å². The third-order valence-electron chi connectivity index (χ3n) is 3.55. The van der Waals surface area contributed by atoms with Crippen LogP contribution in [-0.4, -0.2) is 40.2 Å². The quantitative estimate of drug-likeness (QED) is 0.640. The van der Waals surface area contributed by atoms with Gasteiger partial charge in [-0.05, 0) is 41.6 Å². The van der Waals surface area contributed by atoms with E-state index in [9.17, 15) is 9.18 Å². The van der Waals surface area contributed by atoms with Crippen LogP contribution in [-0.2, 0) is 6.54 Å². The fraction of sp³-hybridized carbons (Fsp3) is 0.176. The minimum Gasteiger partial charge on any atom is -0.497 e. The summed E-state index contributed by atoms with van der Waals surface area (Å²) in [5.74, 6) is 0.726. The van der Waals surface area contributed by atoms with Crippen molar-refractivity contribution in [2.45, 2.75) is 6.54 Å². The first-order valence-electron chi connectivity index (χ1n) is 7.39. The number of Topliss-reactive ketones (excluding diaryl/α,β-unsaturated/α-hetero) is 1. The molecule has 0 N–H and O–H groups in total. The van der Waals surface area contributed by atoms with E-state index in [-0.39, 0.29) is 18.1 Å². The van der Waals surface area contributed by atoms with E-state index in [0.717, 1.165) is 0 Å². The number of nitrogens with zero attached hydrogens (tertiary/aromatic N) is 4. The molecule has 1 aromatic heterocycles. The molecule has 0 aliphatic carbocycles. The molecule has 2 aromatic carbocycles. The molecule has 0 saturated heterocycles. The summed E-state index contributed by atoms with van der Waals surface area (Å²) in [4.78, 5) is 13.7. The van der Waals surface area contributed by atoms with Crippen molar-refractivity contribution in [3.05, 3.63) is 53.8 Å². The lowest BCUT2D eigenvalue weighted by Gasteiger charge is -2.09. The third-order valence-corrected chi connectivity index (χ3v) is 3.55. The number of halogens is 1. The van der Waals surface area contributed by atoms with Gasteiger partial charge in [0.15, 0.2) is 5.78 Å². The minimum absolute atomic E-state index is 0.100. The van der Waals surface area contributed by atoms with Gasteiger partial charge in [0.1, 0.15) is 23.9 Å². The average molecular weight is 342 g/mol. The third kappa shape index (κ3) is 3.63. The van der Waals surface area contributed by atoms with Gasteiger partial charge >= 0.3 is 0 Å². The molecule has 128 valence electrons. The molecular weight excluding hydrogens is 327 g/mol. The van der Waals surface area contributed by atoms with E-state index in [2.05, 4.69) is 15.4 Å². The van der Waals surface area contributed by atoms with Gasteiger partial charge in [-0.25, -0.2) is 4.39 Å². The average Bonchev–Trinajstić information content (AvgIpc) is 3.10. The Balaban J connectivity index is 1.79. The number of ether oxygens (including phenoxy) is 2. The van der Waals surface area contributed by atoms with Crippen LogP contribution in [0.3, 0.4) is 0 Å². The molecule has 3 rings (SSSR count). The van der Waals surface area contributed by atoms with Crippen molar-refractivity contribution < 1.29 is 18.7 Å². The Morgan fingerprint density at radius 1 is 1.12 bits per heavy atom. The van der Waals surface area contributed by atoms with Gasteiger partial charge in [0.25, 0.3) is 0 Å².